The van der Waals surface area contributed by atoms with Crippen LogP contribution < -0.4 is 5.73 Å². The van der Waals surface area contributed by atoms with Crippen molar-refractivity contribution in [2.24, 2.45) is 5.73 Å². The first kappa shape index (κ1) is 25.1. The number of carbonyl (C=O) groups is 1. The molecule has 188 valence electrons. The van der Waals surface area contributed by atoms with Gasteiger partial charge in [0.25, 0.3) is 10.0 Å². The molecule has 2 aromatic heterocycles. The summed E-state index contributed by atoms with van der Waals surface area (Å²) in [7, 11) is -3.68. The summed E-state index contributed by atoms with van der Waals surface area (Å²) in [6.07, 6.45) is 9.16. The maximum absolute atomic E-state index is 13.0. The molecule has 1 aromatic carbocycles. The third kappa shape index (κ3) is 5.82. The monoisotopic (exact) mass is 498 g/mol. The van der Waals surface area contributed by atoms with Gasteiger partial charge in [0.15, 0.2) is 5.65 Å². The number of piperidine rings is 1. The van der Waals surface area contributed by atoms with Crippen LogP contribution in [0.5, 0.6) is 0 Å². The molecule has 2 saturated heterocycles. The molecule has 0 saturated carbocycles. The zero-order valence-electron chi connectivity index (χ0n) is 20.4. The maximum atomic E-state index is 13.0. The van der Waals surface area contributed by atoms with Gasteiger partial charge < -0.3 is 10.6 Å². The number of carbonyl (C=O) groups excluding carboxylic acids is 1. The Morgan fingerprint density at radius 1 is 1.06 bits per heavy atom. The van der Waals surface area contributed by atoms with E-state index in [2.05, 4.69) is 21.8 Å². The van der Waals surface area contributed by atoms with Gasteiger partial charge in [-0.05, 0) is 64.3 Å². The lowest BCUT2D eigenvalue weighted by Gasteiger charge is -2.32. The van der Waals surface area contributed by atoms with Crippen molar-refractivity contribution in [3.8, 4) is 0 Å². The van der Waals surface area contributed by atoms with Crippen LogP contribution in [0, 0.1) is 6.92 Å². The van der Waals surface area contributed by atoms with E-state index >= 15 is 0 Å². The van der Waals surface area contributed by atoms with Crippen LogP contribution in [0.4, 0.5) is 4.79 Å². The van der Waals surface area contributed by atoms with E-state index in [4.69, 9.17) is 5.73 Å². The van der Waals surface area contributed by atoms with E-state index in [1.54, 1.807) is 41.4 Å². The van der Waals surface area contributed by atoms with E-state index in [1.165, 1.54) is 29.4 Å². The number of fused-ring (bicyclic) bond motifs is 1. The van der Waals surface area contributed by atoms with Crippen molar-refractivity contribution >= 4 is 27.2 Å². The Morgan fingerprint density at radius 2 is 1.74 bits per heavy atom. The topological polar surface area (TPSA) is 114 Å². The summed E-state index contributed by atoms with van der Waals surface area (Å²) in [6, 6.07) is 8.82. The summed E-state index contributed by atoms with van der Waals surface area (Å²) < 4.78 is 27.1. The van der Waals surface area contributed by atoms with Gasteiger partial charge in [0.2, 0.25) is 0 Å². The molecule has 0 aliphatic carbocycles. The Labute approximate surface area is 207 Å². The number of hydrogen-bond acceptors (Lipinski definition) is 6. The Kier molecular flexibility index (Phi) is 7.71. The zero-order valence-corrected chi connectivity index (χ0v) is 21.2. The molecule has 0 bridgehead atoms. The first-order valence-corrected chi connectivity index (χ1v) is 13.6. The van der Waals surface area contributed by atoms with Crippen LogP contribution in [0.1, 0.15) is 50.3 Å². The second-order valence-corrected chi connectivity index (χ2v) is 11.2. The molecule has 1 unspecified atom stereocenters. The predicted octanol–water partition coefficient (Wildman–Crippen LogP) is 3.51. The zero-order chi connectivity index (χ0) is 25.0. The van der Waals surface area contributed by atoms with E-state index in [0.29, 0.717) is 17.2 Å². The van der Waals surface area contributed by atoms with Gasteiger partial charge in [-0.25, -0.2) is 27.2 Å². The van der Waals surface area contributed by atoms with Crippen LogP contribution in [0.3, 0.4) is 0 Å². The van der Waals surface area contributed by atoms with Gasteiger partial charge in [0.1, 0.15) is 5.52 Å². The van der Waals surface area contributed by atoms with Crippen molar-refractivity contribution in [3.63, 3.8) is 0 Å². The van der Waals surface area contributed by atoms with E-state index < -0.39 is 10.0 Å². The van der Waals surface area contributed by atoms with Gasteiger partial charge in [-0.15, -0.1) is 0 Å². The van der Waals surface area contributed by atoms with Gasteiger partial charge in [0, 0.05) is 31.9 Å². The number of hydrogen-bond donors (Lipinski definition) is 1. The number of nitrogens with two attached hydrogens (primary N) is 1. The number of aromatic nitrogens is 3. The van der Waals surface area contributed by atoms with Crippen LogP contribution in [-0.2, 0) is 16.6 Å². The van der Waals surface area contributed by atoms with Gasteiger partial charge in [0.05, 0.1) is 16.8 Å². The molecule has 1 atom stereocenters. The lowest BCUT2D eigenvalue weighted by atomic mass is 10.0. The highest BCUT2D eigenvalue weighted by atomic mass is 32.2. The molecule has 5 rings (SSSR count). The third-order valence-electron chi connectivity index (χ3n) is 6.71. The molecule has 2 aliphatic heterocycles. The van der Waals surface area contributed by atoms with E-state index in [1.807, 2.05) is 6.92 Å². The fraction of sp³-hybridized carbons (Fsp3) is 0.480. The second kappa shape index (κ2) is 10.7. The van der Waals surface area contributed by atoms with Crippen molar-refractivity contribution in [1.29, 1.82) is 0 Å². The SMILES string of the molecule is Cc1ccc(S(=O)(=O)n2ccc3nc(CN4CCCCC4C)cnc32)cc1.NC(=O)N1CCCC1. The normalized spacial score (nSPS) is 18.9. The Balaban J connectivity index is 0.000000308. The molecule has 0 radical (unpaired) electrons. The summed E-state index contributed by atoms with van der Waals surface area (Å²) in [5.41, 5.74) is 7.85. The Morgan fingerprint density at radius 3 is 2.37 bits per heavy atom. The maximum Gasteiger partial charge on any atom is 0.314 e. The number of aryl methyl sites for hydroxylation is 1. The smallest absolute Gasteiger partial charge is 0.314 e. The third-order valence-corrected chi connectivity index (χ3v) is 8.39. The van der Waals surface area contributed by atoms with Crippen LogP contribution in [-0.4, -0.2) is 63.9 Å². The van der Waals surface area contributed by atoms with E-state index in [0.717, 1.165) is 50.3 Å². The first-order valence-electron chi connectivity index (χ1n) is 12.2. The van der Waals surface area contributed by atoms with Gasteiger partial charge in [-0.2, -0.15) is 0 Å². The summed E-state index contributed by atoms with van der Waals surface area (Å²) in [6.45, 7) is 7.71. The fourth-order valence-electron chi connectivity index (χ4n) is 4.56. The molecular weight excluding hydrogens is 464 g/mol. The molecule has 35 heavy (non-hydrogen) atoms. The van der Waals surface area contributed by atoms with Gasteiger partial charge >= 0.3 is 6.03 Å². The number of likely N-dealkylation sites (tertiary alicyclic amines) is 2. The quantitative estimate of drug-likeness (QED) is 0.589. The summed E-state index contributed by atoms with van der Waals surface area (Å²) in [4.78, 5) is 23.8. The molecule has 2 amide bonds. The van der Waals surface area contributed by atoms with Gasteiger partial charge in [-0.1, -0.05) is 24.1 Å². The predicted molar refractivity (Wildman–Crippen MR) is 135 cm³/mol. The minimum atomic E-state index is -3.68. The summed E-state index contributed by atoms with van der Waals surface area (Å²) in [5, 5.41) is 0. The standard InChI is InChI=1S/C20H24N4O2S.C5H10N2O/c1-15-6-8-18(9-7-15)27(25,26)24-12-10-19-20(24)21-13-17(22-19)14-23-11-4-3-5-16(23)2;6-5(8)7-3-1-2-4-7/h6-10,12-13,16H,3-5,11,14H2,1-2H3;1-4H2,(H2,6,8). The fourth-order valence-corrected chi connectivity index (χ4v) is 5.85. The minimum Gasteiger partial charge on any atom is -0.351 e. The van der Waals surface area contributed by atoms with Crippen LogP contribution in [0.25, 0.3) is 11.2 Å². The lowest BCUT2D eigenvalue weighted by Crippen LogP contribution is -2.37. The first-order chi connectivity index (χ1) is 16.8. The number of rotatable bonds is 4. The second-order valence-electron chi connectivity index (χ2n) is 9.35. The number of benzene rings is 1. The van der Waals surface area contributed by atoms with Crippen molar-refractivity contribution in [3.05, 3.63) is 54.0 Å². The molecule has 2 aliphatic rings. The van der Waals surface area contributed by atoms with E-state index in [-0.39, 0.29) is 10.9 Å². The molecule has 9 nitrogen and oxygen atoms in total. The summed E-state index contributed by atoms with van der Waals surface area (Å²) in [5.74, 6) is 0. The Hall–Kier alpha value is -2.98. The van der Waals surface area contributed by atoms with Crippen molar-refractivity contribution in [2.75, 3.05) is 19.6 Å². The molecular formula is C25H34N6O3S. The molecule has 2 fully saturated rings. The average molecular weight is 499 g/mol. The highest BCUT2D eigenvalue weighted by Gasteiger charge is 2.22. The summed E-state index contributed by atoms with van der Waals surface area (Å²) >= 11 is 0. The number of primary amides is 1. The molecule has 4 heterocycles. The molecule has 0 spiro atoms. The average Bonchev–Trinajstić information content (AvgIpc) is 3.52. The Bertz CT molecular complexity index is 1270. The van der Waals surface area contributed by atoms with Crippen molar-refractivity contribution in [1.82, 2.24) is 23.7 Å². The van der Waals surface area contributed by atoms with Crippen LogP contribution in [0.2, 0.25) is 0 Å². The van der Waals surface area contributed by atoms with Crippen LogP contribution in [0.15, 0.2) is 47.6 Å². The number of urea groups is 1. The number of amides is 2. The molecule has 2 N–H and O–H groups in total. The highest BCUT2D eigenvalue weighted by molar-refractivity contribution is 7.90. The molecule has 10 heteroatoms. The van der Waals surface area contributed by atoms with Crippen molar-refractivity contribution < 1.29 is 13.2 Å². The van der Waals surface area contributed by atoms with Crippen LogP contribution >= 0.6 is 0 Å². The number of nitrogens with zero attached hydrogens (tertiary/aromatic N) is 5. The molecule has 3 aromatic rings. The highest BCUT2D eigenvalue weighted by Crippen LogP contribution is 2.22. The van der Waals surface area contributed by atoms with E-state index in [9.17, 15) is 13.2 Å². The lowest BCUT2D eigenvalue weighted by molar-refractivity contribution is 0.151. The van der Waals surface area contributed by atoms with Gasteiger partial charge in [-0.3, -0.25) is 4.90 Å². The largest absolute Gasteiger partial charge is 0.351 e. The minimum absolute atomic E-state index is 0.249. The van der Waals surface area contributed by atoms with Crippen molar-refractivity contribution in [2.45, 2.75) is 63.4 Å².